The molecule has 1 amide bonds. The van der Waals surface area contributed by atoms with Gasteiger partial charge in [0.05, 0.1) is 10.8 Å². The highest BCUT2D eigenvalue weighted by molar-refractivity contribution is 7.89. The average Bonchev–Trinajstić information content (AvgIpc) is 3.09. The Hall–Kier alpha value is -1.40. The van der Waals surface area contributed by atoms with Gasteiger partial charge in [0.25, 0.3) is 0 Å². The van der Waals surface area contributed by atoms with Crippen LogP contribution < -0.4 is 0 Å². The molecule has 2 aliphatic rings. The van der Waals surface area contributed by atoms with Gasteiger partial charge in [-0.3, -0.25) is 4.79 Å². The maximum absolute atomic E-state index is 12.7. The van der Waals surface area contributed by atoms with Crippen LogP contribution in [0.5, 0.6) is 0 Å². The molecule has 2 aliphatic heterocycles. The summed E-state index contributed by atoms with van der Waals surface area (Å²) in [6, 6.07) is 8.48. The first-order valence-corrected chi connectivity index (χ1v) is 9.37. The van der Waals surface area contributed by atoms with Crippen molar-refractivity contribution in [2.24, 2.45) is 5.92 Å². The fraction of sp³-hybridized carbons (Fsp3) is 0.562. The van der Waals surface area contributed by atoms with Gasteiger partial charge in [-0.05, 0) is 37.8 Å². The van der Waals surface area contributed by atoms with E-state index >= 15 is 0 Å². The highest BCUT2D eigenvalue weighted by Crippen LogP contribution is 2.25. The molecule has 0 aromatic heterocycles. The third-order valence-electron chi connectivity index (χ3n) is 4.53. The monoisotopic (exact) mass is 322 g/mol. The Morgan fingerprint density at radius 1 is 1.00 bits per heavy atom. The maximum Gasteiger partial charge on any atom is 0.243 e. The molecule has 0 bridgehead atoms. The summed E-state index contributed by atoms with van der Waals surface area (Å²) in [5.74, 6) is -0.0594. The number of hydrogen-bond acceptors (Lipinski definition) is 3. The van der Waals surface area contributed by atoms with E-state index in [9.17, 15) is 13.2 Å². The van der Waals surface area contributed by atoms with E-state index in [1.165, 1.54) is 4.31 Å². The topological polar surface area (TPSA) is 57.7 Å². The smallest absolute Gasteiger partial charge is 0.243 e. The quantitative estimate of drug-likeness (QED) is 0.851. The summed E-state index contributed by atoms with van der Waals surface area (Å²) in [6.45, 7) is 2.45. The van der Waals surface area contributed by atoms with Gasteiger partial charge in [-0.1, -0.05) is 18.2 Å². The first kappa shape index (κ1) is 15.5. The SMILES string of the molecule is O=C([C@H]1CCCN(S(=O)(=O)c2ccccc2)C1)N1CCCC1. The van der Waals surface area contributed by atoms with Crippen molar-refractivity contribution in [2.75, 3.05) is 26.2 Å². The van der Waals surface area contributed by atoms with Gasteiger partial charge in [0.1, 0.15) is 0 Å². The number of likely N-dealkylation sites (tertiary alicyclic amines) is 1. The Morgan fingerprint density at radius 2 is 1.68 bits per heavy atom. The van der Waals surface area contributed by atoms with Crippen LogP contribution in [0.15, 0.2) is 35.2 Å². The molecule has 1 atom stereocenters. The van der Waals surface area contributed by atoms with Crippen LogP contribution >= 0.6 is 0 Å². The van der Waals surface area contributed by atoms with Gasteiger partial charge in [0, 0.05) is 26.2 Å². The second-order valence-electron chi connectivity index (χ2n) is 6.05. The zero-order valence-electron chi connectivity index (χ0n) is 12.6. The molecule has 22 heavy (non-hydrogen) atoms. The second-order valence-corrected chi connectivity index (χ2v) is 7.99. The number of rotatable bonds is 3. The molecule has 1 aromatic rings. The fourth-order valence-electron chi connectivity index (χ4n) is 3.30. The Labute approximate surface area is 132 Å². The minimum Gasteiger partial charge on any atom is -0.342 e. The number of benzene rings is 1. The van der Waals surface area contributed by atoms with Gasteiger partial charge < -0.3 is 4.90 Å². The van der Waals surface area contributed by atoms with Crippen molar-refractivity contribution in [3.05, 3.63) is 30.3 Å². The van der Waals surface area contributed by atoms with Crippen LogP contribution in [0.2, 0.25) is 0 Å². The van der Waals surface area contributed by atoms with E-state index in [2.05, 4.69) is 0 Å². The van der Waals surface area contributed by atoms with Crippen molar-refractivity contribution < 1.29 is 13.2 Å². The van der Waals surface area contributed by atoms with Crippen molar-refractivity contribution in [2.45, 2.75) is 30.6 Å². The van der Waals surface area contributed by atoms with Gasteiger partial charge in [-0.2, -0.15) is 4.31 Å². The Balaban J connectivity index is 1.74. The third-order valence-corrected chi connectivity index (χ3v) is 6.41. The summed E-state index contributed by atoms with van der Waals surface area (Å²) in [5, 5.41) is 0. The van der Waals surface area contributed by atoms with E-state index in [4.69, 9.17) is 0 Å². The molecule has 2 fully saturated rings. The number of piperidine rings is 1. The van der Waals surface area contributed by atoms with Crippen molar-refractivity contribution in [1.29, 1.82) is 0 Å². The normalized spacial score (nSPS) is 23.6. The van der Waals surface area contributed by atoms with E-state index in [1.54, 1.807) is 30.3 Å². The van der Waals surface area contributed by atoms with E-state index in [-0.39, 0.29) is 11.8 Å². The molecule has 0 N–H and O–H groups in total. The number of carbonyl (C=O) groups excluding carboxylic acids is 1. The minimum absolute atomic E-state index is 0.130. The van der Waals surface area contributed by atoms with Crippen LogP contribution in [-0.4, -0.2) is 49.7 Å². The van der Waals surface area contributed by atoms with Crippen LogP contribution in [0.3, 0.4) is 0 Å². The van der Waals surface area contributed by atoms with Gasteiger partial charge in [-0.25, -0.2) is 8.42 Å². The number of carbonyl (C=O) groups is 1. The van der Waals surface area contributed by atoms with Crippen LogP contribution in [0.4, 0.5) is 0 Å². The van der Waals surface area contributed by atoms with Crippen molar-refractivity contribution in [3.63, 3.8) is 0 Å². The molecule has 120 valence electrons. The summed E-state index contributed by atoms with van der Waals surface area (Å²) in [5.41, 5.74) is 0. The molecular weight excluding hydrogens is 300 g/mol. The van der Waals surface area contributed by atoms with Crippen molar-refractivity contribution in [1.82, 2.24) is 9.21 Å². The predicted molar refractivity (Wildman–Crippen MR) is 83.7 cm³/mol. The van der Waals surface area contributed by atoms with Gasteiger partial charge in [0.2, 0.25) is 15.9 Å². The van der Waals surface area contributed by atoms with Crippen LogP contribution in [-0.2, 0) is 14.8 Å². The summed E-state index contributed by atoms with van der Waals surface area (Å²) >= 11 is 0. The summed E-state index contributed by atoms with van der Waals surface area (Å²) in [6.07, 6.45) is 3.65. The van der Waals surface area contributed by atoms with Gasteiger partial charge >= 0.3 is 0 Å². The minimum atomic E-state index is -3.49. The molecule has 1 aromatic carbocycles. The van der Waals surface area contributed by atoms with Gasteiger partial charge in [0.15, 0.2) is 0 Å². The molecule has 0 aliphatic carbocycles. The molecule has 5 nitrogen and oxygen atoms in total. The number of hydrogen-bond donors (Lipinski definition) is 0. The molecule has 3 rings (SSSR count). The fourth-order valence-corrected chi connectivity index (χ4v) is 4.84. The molecule has 0 saturated carbocycles. The van der Waals surface area contributed by atoms with Crippen molar-refractivity contribution in [3.8, 4) is 0 Å². The van der Waals surface area contributed by atoms with Crippen LogP contribution in [0, 0.1) is 5.92 Å². The number of nitrogens with zero attached hydrogens (tertiary/aromatic N) is 2. The summed E-state index contributed by atoms with van der Waals surface area (Å²) in [4.78, 5) is 14.7. The zero-order chi connectivity index (χ0) is 15.6. The van der Waals surface area contributed by atoms with Crippen molar-refractivity contribution >= 4 is 15.9 Å². The summed E-state index contributed by atoms with van der Waals surface area (Å²) < 4.78 is 26.8. The van der Waals surface area contributed by atoms with Crippen LogP contribution in [0.1, 0.15) is 25.7 Å². The molecule has 0 unspecified atom stereocenters. The predicted octanol–water partition coefficient (Wildman–Crippen LogP) is 1.71. The lowest BCUT2D eigenvalue weighted by Crippen LogP contribution is -2.46. The third kappa shape index (κ3) is 3.03. The Morgan fingerprint density at radius 3 is 2.36 bits per heavy atom. The first-order valence-electron chi connectivity index (χ1n) is 7.93. The van der Waals surface area contributed by atoms with Crippen LogP contribution in [0.25, 0.3) is 0 Å². The number of amides is 1. The van der Waals surface area contributed by atoms with Gasteiger partial charge in [-0.15, -0.1) is 0 Å². The zero-order valence-corrected chi connectivity index (χ0v) is 13.5. The lowest BCUT2D eigenvalue weighted by Gasteiger charge is -2.33. The van der Waals surface area contributed by atoms with E-state index < -0.39 is 10.0 Å². The lowest BCUT2D eigenvalue weighted by molar-refractivity contribution is -0.135. The van der Waals surface area contributed by atoms with E-state index in [0.717, 1.165) is 38.8 Å². The first-order chi connectivity index (χ1) is 10.6. The molecule has 6 heteroatoms. The molecule has 0 radical (unpaired) electrons. The molecular formula is C16H22N2O3S. The summed E-state index contributed by atoms with van der Waals surface area (Å²) in [7, 11) is -3.49. The maximum atomic E-state index is 12.7. The largest absolute Gasteiger partial charge is 0.342 e. The highest BCUT2D eigenvalue weighted by atomic mass is 32.2. The molecule has 2 heterocycles. The standard InChI is InChI=1S/C16H22N2O3S/c19-16(17-10-4-5-11-17)14-7-6-12-18(13-14)22(20,21)15-8-2-1-3-9-15/h1-3,8-9,14H,4-7,10-13H2/t14-/m0/s1. The molecule has 0 spiro atoms. The highest BCUT2D eigenvalue weighted by Gasteiger charge is 2.35. The number of sulfonamides is 1. The Kier molecular flexibility index (Phi) is 4.49. The lowest BCUT2D eigenvalue weighted by atomic mass is 9.98. The van der Waals surface area contributed by atoms with E-state index in [1.807, 2.05) is 4.90 Å². The van der Waals surface area contributed by atoms with E-state index in [0.29, 0.717) is 18.0 Å². The second kappa shape index (κ2) is 6.38. The Bertz CT molecular complexity index is 624. The average molecular weight is 322 g/mol. The molecule has 2 saturated heterocycles.